The molecule has 0 spiro atoms. The van der Waals surface area contributed by atoms with Crippen LogP contribution in [0, 0.1) is 0 Å². The highest BCUT2D eigenvalue weighted by Crippen LogP contribution is 2.22. The Bertz CT molecular complexity index is 954. The van der Waals surface area contributed by atoms with E-state index in [0.717, 1.165) is 23.8 Å². The van der Waals surface area contributed by atoms with Crippen LogP contribution in [0.15, 0.2) is 47.4 Å². The number of hydrogen-bond acceptors (Lipinski definition) is 5. The van der Waals surface area contributed by atoms with Gasteiger partial charge in [0.25, 0.3) is 5.91 Å². The van der Waals surface area contributed by atoms with Crippen LogP contribution >= 0.6 is 0 Å². The lowest BCUT2D eigenvalue weighted by Gasteiger charge is -2.15. The van der Waals surface area contributed by atoms with E-state index in [0.29, 0.717) is 24.5 Å². The van der Waals surface area contributed by atoms with Gasteiger partial charge in [-0.25, -0.2) is 0 Å². The fourth-order valence-electron chi connectivity index (χ4n) is 2.67. The standard InChI is InChI=1S/C17H15N5O3/c23-15-6-3-12(9-18-15)17(24)19-13-4-1-11(2-5-13)16-21-20-14-10-25-8-7-22(14)16/h1-6,9H,7-8,10H2,(H,18,23)(H,19,24). The van der Waals surface area contributed by atoms with Gasteiger partial charge in [-0.2, -0.15) is 0 Å². The van der Waals surface area contributed by atoms with E-state index >= 15 is 0 Å². The molecule has 0 bridgehead atoms. The zero-order valence-corrected chi connectivity index (χ0v) is 13.2. The lowest BCUT2D eigenvalue weighted by atomic mass is 10.2. The predicted octanol–water partition coefficient (Wildman–Crippen LogP) is 1.42. The molecule has 1 aliphatic heterocycles. The number of aromatic amines is 1. The number of rotatable bonds is 3. The molecule has 0 saturated heterocycles. The number of H-pyrrole nitrogens is 1. The van der Waals surface area contributed by atoms with Gasteiger partial charge in [-0.1, -0.05) is 0 Å². The van der Waals surface area contributed by atoms with Gasteiger partial charge in [-0.05, 0) is 30.3 Å². The average Bonchev–Trinajstić information content (AvgIpc) is 3.07. The Morgan fingerprint density at radius 2 is 2.00 bits per heavy atom. The first-order valence-corrected chi connectivity index (χ1v) is 7.81. The molecule has 8 heteroatoms. The minimum absolute atomic E-state index is 0.247. The number of amides is 1. The molecule has 1 aromatic carbocycles. The fraction of sp³-hybridized carbons (Fsp3) is 0.176. The molecule has 1 amide bonds. The molecule has 3 aromatic rings. The van der Waals surface area contributed by atoms with E-state index in [-0.39, 0.29) is 11.5 Å². The zero-order chi connectivity index (χ0) is 17.2. The largest absolute Gasteiger partial charge is 0.372 e. The first-order valence-electron chi connectivity index (χ1n) is 7.81. The van der Waals surface area contributed by atoms with Crippen molar-refractivity contribution in [3.8, 4) is 11.4 Å². The van der Waals surface area contributed by atoms with Crippen molar-refractivity contribution >= 4 is 11.6 Å². The number of carbonyl (C=O) groups is 1. The Morgan fingerprint density at radius 1 is 1.16 bits per heavy atom. The Morgan fingerprint density at radius 3 is 2.76 bits per heavy atom. The van der Waals surface area contributed by atoms with E-state index < -0.39 is 0 Å². The lowest BCUT2D eigenvalue weighted by molar-refractivity contribution is 0.0821. The summed E-state index contributed by atoms with van der Waals surface area (Å²) in [5.74, 6) is 1.31. The molecule has 0 unspecified atom stereocenters. The molecule has 2 N–H and O–H groups in total. The average molecular weight is 337 g/mol. The molecule has 126 valence electrons. The fourth-order valence-corrected chi connectivity index (χ4v) is 2.67. The van der Waals surface area contributed by atoms with Crippen LogP contribution < -0.4 is 10.9 Å². The third-order valence-electron chi connectivity index (χ3n) is 3.97. The van der Waals surface area contributed by atoms with Crippen LogP contribution in [0.25, 0.3) is 11.4 Å². The molecule has 8 nitrogen and oxygen atoms in total. The summed E-state index contributed by atoms with van der Waals surface area (Å²) in [5.41, 5.74) is 1.71. The summed E-state index contributed by atoms with van der Waals surface area (Å²) in [5, 5.41) is 11.2. The number of carbonyl (C=O) groups excluding carboxylic acids is 1. The van der Waals surface area contributed by atoms with E-state index in [1.54, 1.807) is 12.1 Å². The number of fused-ring (bicyclic) bond motifs is 1. The van der Waals surface area contributed by atoms with Crippen LogP contribution in [0.1, 0.15) is 16.2 Å². The van der Waals surface area contributed by atoms with Crippen LogP contribution in [-0.2, 0) is 17.9 Å². The first kappa shape index (κ1) is 15.3. The van der Waals surface area contributed by atoms with Gasteiger partial charge in [0, 0.05) is 30.1 Å². The van der Waals surface area contributed by atoms with Crippen LogP contribution in [0.2, 0.25) is 0 Å². The second kappa shape index (κ2) is 6.33. The van der Waals surface area contributed by atoms with E-state index in [1.807, 2.05) is 16.7 Å². The minimum Gasteiger partial charge on any atom is -0.372 e. The number of nitrogens with zero attached hydrogens (tertiary/aromatic N) is 3. The van der Waals surface area contributed by atoms with Crippen molar-refractivity contribution in [2.75, 3.05) is 11.9 Å². The van der Waals surface area contributed by atoms with Gasteiger partial charge < -0.3 is 19.6 Å². The summed E-state index contributed by atoms with van der Waals surface area (Å²) in [4.78, 5) is 25.7. The van der Waals surface area contributed by atoms with Crippen LogP contribution in [0.3, 0.4) is 0 Å². The van der Waals surface area contributed by atoms with Gasteiger partial charge in [0.15, 0.2) is 11.6 Å². The molecule has 0 aliphatic carbocycles. The summed E-state index contributed by atoms with van der Waals surface area (Å²) < 4.78 is 7.40. The second-order valence-corrected chi connectivity index (χ2v) is 5.62. The van der Waals surface area contributed by atoms with Gasteiger partial charge in [0.05, 0.1) is 12.2 Å². The van der Waals surface area contributed by atoms with E-state index in [9.17, 15) is 9.59 Å². The van der Waals surface area contributed by atoms with Gasteiger partial charge in [-0.3, -0.25) is 9.59 Å². The molecule has 1 aliphatic rings. The number of benzene rings is 1. The molecular weight excluding hydrogens is 322 g/mol. The number of aromatic nitrogens is 4. The van der Waals surface area contributed by atoms with Gasteiger partial charge in [0.2, 0.25) is 5.56 Å². The van der Waals surface area contributed by atoms with Crippen molar-refractivity contribution in [1.29, 1.82) is 0 Å². The lowest BCUT2D eigenvalue weighted by Crippen LogP contribution is -2.17. The van der Waals surface area contributed by atoms with Crippen molar-refractivity contribution in [2.24, 2.45) is 0 Å². The molecule has 2 aromatic heterocycles. The molecule has 0 fully saturated rings. The number of ether oxygens (including phenoxy) is 1. The normalized spacial score (nSPS) is 13.3. The smallest absolute Gasteiger partial charge is 0.257 e. The summed E-state index contributed by atoms with van der Waals surface area (Å²) >= 11 is 0. The van der Waals surface area contributed by atoms with Crippen molar-refractivity contribution in [1.82, 2.24) is 19.7 Å². The van der Waals surface area contributed by atoms with Crippen molar-refractivity contribution in [3.05, 3.63) is 64.3 Å². The summed E-state index contributed by atoms with van der Waals surface area (Å²) in [6, 6.07) is 10.2. The number of pyridine rings is 1. The maximum Gasteiger partial charge on any atom is 0.257 e. The molecule has 0 atom stereocenters. The van der Waals surface area contributed by atoms with Gasteiger partial charge >= 0.3 is 0 Å². The zero-order valence-electron chi connectivity index (χ0n) is 13.2. The summed E-state index contributed by atoms with van der Waals surface area (Å²) in [6.07, 6.45) is 1.39. The highest BCUT2D eigenvalue weighted by molar-refractivity contribution is 6.04. The third-order valence-corrected chi connectivity index (χ3v) is 3.97. The van der Waals surface area contributed by atoms with Gasteiger partial charge in [-0.15, -0.1) is 10.2 Å². The topological polar surface area (TPSA) is 102 Å². The monoisotopic (exact) mass is 337 g/mol. The molecule has 25 heavy (non-hydrogen) atoms. The van der Waals surface area contributed by atoms with Gasteiger partial charge in [0.1, 0.15) is 6.61 Å². The van der Waals surface area contributed by atoms with Crippen LogP contribution in [0.4, 0.5) is 5.69 Å². The Balaban J connectivity index is 1.52. The molecule has 4 rings (SSSR count). The maximum atomic E-state index is 12.2. The summed E-state index contributed by atoms with van der Waals surface area (Å²) in [6.45, 7) is 1.84. The minimum atomic E-state index is -0.291. The molecule has 0 radical (unpaired) electrons. The van der Waals surface area contributed by atoms with E-state index in [1.165, 1.54) is 18.3 Å². The van der Waals surface area contributed by atoms with Crippen LogP contribution in [-0.4, -0.2) is 32.3 Å². The highest BCUT2D eigenvalue weighted by Gasteiger charge is 2.17. The molecular formula is C17H15N5O3. The number of anilines is 1. The molecule has 0 saturated carbocycles. The quantitative estimate of drug-likeness (QED) is 0.752. The first-order chi connectivity index (χ1) is 12.2. The second-order valence-electron chi connectivity index (χ2n) is 5.62. The number of nitrogens with one attached hydrogen (secondary N) is 2. The highest BCUT2D eigenvalue weighted by atomic mass is 16.5. The van der Waals surface area contributed by atoms with E-state index in [2.05, 4.69) is 20.5 Å². The summed E-state index contributed by atoms with van der Waals surface area (Å²) in [7, 11) is 0. The van der Waals surface area contributed by atoms with E-state index in [4.69, 9.17) is 4.74 Å². The molecule has 3 heterocycles. The van der Waals surface area contributed by atoms with Crippen molar-refractivity contribution in [3.63, 3.8) is 0 Å². The van der Waals surface area contributed by atoms with Crippen molar-refractivity contribution in [2.45, 2.75) is 13.2 Å². The van der Waals surface area contributed by atoms with Crippen molar-refractivity contribution < 1.29 is 9.53 Å². The SMILES string of the molecule is O=C(Nc1ccc(-c2nnc3n2CCOC3)cc1)c1ccc(=O)[nH]c1. The predicted molar refractivity (Wildman–Crippen MR) is 90.1 cm³/mol. The maximum absolute atomic E-state index is 12.2. The van der Waals surface area contributed by atoms with Crippen LogP contribution in [0.5, 0.6) is 0 Å². The Kier molecular flexibility index (Phi) is 3.87. The third kappa shape index (κ3) is 3.07. The Hall–Kier alpha value is -3.26. The number of hydrogen-bond donors (Lipinski definition) is 2. The Labute approximate surface area is 142 Å².